The number of thiophene rings is 1. The molecule has 0 aliphatic carbocycles. The molecule has 8 nitrogen and oxygen atoms in total. The summed E-state index contributed by atoms with van der Waals surface area (Å²) < 4.78 is 12.8. The van der Waals surface area contributed by atoms with E-state index in [4.69, 9.17) is 9.47 Å². The Hall–Kier alpha value is -3.30. The quantitative estimate of drug-likeness (QED) is 0.318. The van der Waals surface area contributed by atoms with Gasteiger partial charge in [0.1, 0.15) is 5.75 Å². The zero-order valence-corrected chi connectivity index (χ0v) is 24.8. The van der Waals surface area contributed by atoms with Gasteiger partial charge in [0.05, 0.1) is 12.3 Å². The molecule has 0 atom stereocenters. The van der Waals surface area contributed by atoms with Crippen molar-refractivity contribution in [2.75, 3.05) is 70.0 Å². The summed E-state index contributed by atoms with van der Waals surface area (Å²) in [6.45, 7) is 9.95. The van der Waals surface area contributed by atoms with E-state index in [-0.39, 0.29) is 18.1 Å². The lowest BCUT2D eigenvalue weighted by Crippen LogP contribution is -2.46. The SMILES string of the molecule is CN(C)C(=O)OCN1C(=O)CC(C)(C)c2ccc(OCCCCN3CCN(c4cccc5sccc45)CC3)cc21. The van der Waals surface area contributed by atoms with Crippen LogP contribution in [0, 0.1) is 0 Å². The number of amides is 2. The molecular formula is C31H40N4O4S. The third kappa shape index (κ3) is 6.20. The van der Waals surface area contributed by atoms with Crippen molar-refractivity contribution in [3.05, 3.63) is 53.4 Å². The maximum atomic E-state index is 12.9. The highest BCUT2D eigenvalue weighted by Crippen LogP contribution is 2.42. The summed E-state index contributed by atoms with van der Waals surface area (Å²) in [6, 6.07) is 14.8. The van der Waals surface area contributed by atoms with E-state index in [9.17, 15) is 9.59 Å². The van der Waals surface area contributed by atoms with Gasteiger partial charge < -0.3 is 19.3 Å². The molecule has 0 unspecified atom stereocenters. The van der Waals surface area contributed by atoms with Crippen molar-refractivity contribution in [2.24, 2.45) is 0 Å². The largest absolute Gasteiger partial charge is 0.494 e. The molecule has 2 amide bonds. The van der Waals surface area contributed by atoms with Crippen LogP contribution < -0.4 is 14.5 Å². The van der Waals surface area contributed by atoms with Crippen LogP contribution in [0.5, 0.6) is 5.75 Å². The number of rotatable bonds is 9. The van der Waals surface area contributed by atoms with Gasteiger partial charge in [0.2, 0.25) is 5.91 Å². The number of ether oxygens (including phenoxy) is 2. The van der Waals surface area contributed by atoms with Gasteiger partial charge in [0.25, 0.3) is 0 Å². The molecule has 1 aromatic heterocycles. The lowest BCUT2D eigenvalue weighted by atomic mass is 9.77. The van der Waals surface area contributed by atoms with Gasteiger partial charge >= 0.3 is 6.09 Å². The van der Waals surface area contributed by atoms with Gasteiger partial charge in [0, 0.05) is 74.0 Å². The van der Waals surface area contributed by atoms with Crippen molar-refractivity contribution >= 4 is 44.8 Å². The van der Waals surface area contributed by atoms with Crippen molar-refractivity contribution in [2.45, 2.75) is 38.5 Å². The molecule has 0 bridgehead atoms. The molecule has 3 aromatic rings. The van der Waals surface area contributed by atoms with Gasteiger partial charge in [-0.2, -0.15) is 0 Å². The van der Waals surface area contributed by atoms with Crippen LogP contribution in [0.25, 0.3) is 10.1 Å². The summed E-state index contributed by atoms with van der Waals surface area (Å²) >= 11 is 1.81. The molecular weight excluding hydrogens is 524 g/mol. The van der Waals surface area contributed by atoms with Crippen molar-refractivity contribution in [3.63, 3.8) is 0 Å². The van der Waals surface area contributed by atoms with Crippen LogP contribution in [-0.2, 0) is 14.9 Å². The second kappa shape index (κ2) is 12.1. The summed E-state index contributed by atoms with van der Waals surface area (Å²) in [5.74, 6) is 0.665. The van der Waals surface area contributed by atoms with Gasteiger partial charge in [-0.3, -0.25) is 14.6 Å². The number of benzene rings is 2. The average molecular weight is 565 g/mol. The van der Waals surface area contributed by atoms with Crippen LogP contribution in [0.2, 0.25) is 0 Å². The number of anilines is 2. The minimum absolute atomic E-state index is 0.0618. The number of unbranched alkanes of at least 4 members (excludes halogenated alkanes) is 1. The van der Waals surface area contributed by atoms with E-state index in [2.05, 4.69) is 53.3 Å². The summed E-state index contributed by atoms with van der Waals surface area (Å²) in [7, 11) is 3.24. The van der Waals surface area contributed by atoms with Crippen molar-refractivity contribution in [1.82, 2.24) is 9.80 Å². The van der Waals surface area contributed by atoms with Crippen LogP contribution in [0.1, 0.15) is 38.7 Å². The molecule has 40 heavy (non-hydrogen) atoms. The summed E-state index contributed by atoms with van der Waals surface area (Å²) in [5, 5.41) is 3.54. The van der Waals surface area contributed by atoms with E-state index in [1.165, 1.54) is 20.7 Å². The van der Waals surface area contributed by atoms with Crippen molar-refractivity contribution in [1.29, 1.82) is 0 Å². The molecule has 0 saturated carbocycles. The van der Waals surface area contributed by atoms with E-state index in [1.54, 1.807) is 30.3 Å². The molecule has 214 valence electrons. The van der Waals surface area contributed by atoms with E-state index in [1.807, 2.05) is 18.2 Å². The number of fused-ring (bicyclic) bond motifs is 2. The Morgan fingerprint density at radius 2 is 1.82 bits per heavy atom. The second-order valence-electron chi connectivity index (χ2n) is 11.5. The molecule has 0 N–H and O–H groups in total. The summed E-state index contributed by atoms with van der Waals surface area (Å²) in [4.78, 5) is 32.9. The lowest BCUT2D eigenvalue weighted by molar-refractivity contribution is -0.121. The van der Waals surface area contributed by atoms with Crippen LogP contribution >= 0.6 is 11.3 Å². The van der Waals surface area contributed by atoms with Gasteiger partial charge in [-0.1, -0.05) is 26.0 Å². The third-order valence-corrected chi connectivity index (χ3v) is 8.77. The Morgan fingerprint density at radius 1 is 1.02 bits per heavy atom. The van der Waals surface area contributed by atoms with Crippen LogP contribution in [-0.4, -0.2) is 82.0 Å². The first kappa shape index (κ1) is 28.2. The van der Waals surface area contributed by atoms with Crippen LogP contribution in [0.15, 0.2) is 47.8 Å². The monoisotopic (exact) mass is 564 g/mol. The molecule has 2 aromatic carbocycles. The average Bonchev–Trinajstić information content (AvgIpc) is 3.42. The number of hydrogen-bond acceptors (Lipinski definition) is 7. The van der Waals surface area contributed by atoms with E-state index in [0.29, 0.717) is 13.0 Å². The molecule has 0 radical (unpaired) electrons. The molecule has 2 aliphatic heterocycles. The third-order valence-electron chi connectivity index (χ3n) is 7.89. The first-order valence-electron chi connectivity index (χ1n) is 14.1. The predicted molar refractivity (Wildman–Crippen MR) is 162 cm³/mol. The number of carbonyl (C=O) groups is 2. The number of hydrogen-bond donors (Lipinski definition) is 0. The van der Waals surface area contributed by atoms with E-state index in [0.717, 1.165) is 62.6 Å². The zero-order chi connectivity index (χ0) is 28.3. The fourth-order valence-electron chi connectivity index (χ4n) is 5.58. The number of piperazine rings is 1. The lowest BCUT2D eigenvalue weighted by Gasteiger charge is -2.38. The Kier molecular flexibility index (Phi) is 8.51. The predicted octanol–water partition coefficient (Wildman–Crippen LogP) is 5.55. The first-order chi connectivity index (χ1) is 19.2. The normalized spacial score (nSPS) is 17.1. The summed E-state index contributed by atoms with van der Waals surface area (Å²) in [6.07, 6.45) is 1.91. The molecule has 3 heterocycles. The fourth-order valence-corrected chi connectivity index (χ4v) is 6.39. The molecule has 1 saturated heterocycles. The second-order valence-corrected chi connectivity index (χ2v) is 12.4. The fraction of sp³-hybridized carbons (Fsp3) is 0.484. The molecule has 2 aliphatic rings. The van der Waals surface area contributed by atoms with Gasteiger partial charge in [-0.25, -0.2) is 4.79 Å². The number of nitrogens with zero attached hydrogens (tertiary/aromatic N) is 4. The highest BCUT2D eigenvalue weighted by atomic mass is 32.1. The first-order valence-corrected chi connectivity index (χ1v) is 15.0. The smallest absolute Gasteiger partial charge is 0.410 e. The van der Waals surface area contributed by atoms with E-state index < -0.39 is 6.09 Å². The Morgan fingerprint density at radius 3 is 2.60 bits per heavy atom. The summed E-state index contributed by atoms with van der Waals surface area (Å²) in [5.41, 5.74) is 2.86. The highest BCUT2D eigenvalue weighted by Gasteiger charge is 2.37. The maximum absolute atomic E-state index is 12.9. The topological polar surface area (TPSA) is 65.6 Å². The van der Waals surface area contributed by atoms with Gasteiger partial charge in [-0.15, -0.1) is 11.3 Å². The standard InChI is InChI=1S/C31H40N4O4S/c1-31(2)21-29(36)35(22-39-30(37)32(3)4)27-20-23(10-11-25(27)31)38-18-6-5-13-33-14-16-34(17-15-33)26-8-7-9-28-24(26)12-19-40-28/h7-12,19-20H,5-6,13-18,21-22H2,1-4H3. The Bertz CT molecular complexity index is 1350. The Balaban J connectivity index is 1.10. The van der Waals surface area contributed by atoms with Crippen molar-refractivity contribution in [3.8, 4) is 5.75 Å². The van der Waals surface area contributed by atoms with Crippen LogP contribution in [0.3, 0.4) is 0 Å². The van der Waals surface area contributed by atoms with Crippen LogP contribution in [0.4, 0.5) is 16.2 Å². The molecule has 0 spiro atoms. The highest BCUT2D eigenvalue weighted by molar-refractivity contribution is 7.17. The zero-order valence-electron chi connectivity index (χ0n) is 24.0. The Labute approximate surface area is 241 Å². The minimum atomic E-state index is -0.479. The van der Waals surface area contributed by atoms with E-state index >= 15 is 0 Å². The van der Waals surface area contributed by atoms with Gasteiger partial charge in [-0.05, 0) is 54.6 Å². The molecule has 9 heteroatoms. The molecule has 1 fully saturated rings. The molecule has 5 rings (SSSR count). The maximum Gasteiger partial charge on any atom is 0.410 e. The number of carbonyl (C=O) groups excluding carboxylic acids is 2. The minimum Gasteiger partial charge on any atom is -0.494 e. The van der Waals surface area contributed by atoms with Crippen molar-refractivity contribution < 1.29 is 19.1 Å². The van der Waals surface area contributed by atoms with Gasteiger partial charge in [0.15, 0.2) is 6.73 Å².